The summed E-state index contributed by atoms with van der Waals surface area (Å²) in [5.74, 6) is 0.254. The van der Waals surface area contributed by atoms with E-state index in [0.717, 1.165) is 11.3 Å². The lowest BCUT2D eigenvalue weighted by Gasteiger charge is -2.05. The summed E-state index contributed by atoms with van der Waals surface area (Å²) in [6, 6.07) is 14.9. The molecule has 1 amide bonds. The number of benzene rings is 1. The first-order chi connectivity index (χ1) is 11.2. The van der Waals surface area contributed by atoms with Gasteiger partial charge in [-0.2, -0.15) is 5.10 Å². The third kappa shape index (κ3) is 3.21. The second-order valence-corrected chi connectivity index (χ2v) is 4.95. The average Bonchev–Trinajstić information content (AvgIpc) is 2.98. The first-order valence-corrected chi connectivity index (χ1v) is 7.08. The molecule has 0 aliphatic heterocycles. The molecule has 0 aliphatic rings. The van der Waals surface area contributed by atoms with Gasteiger partial charge in [-0.3, -0.25) is 9.48 Å². The van der Waals surface area contributed by atoms with Gasteiger partial charge in [-0.1, -0.05) is 30.3 Å². The highest BCUT2D eigenvalue weighted by Crippen LogP contribution is 2.19. The van der Waals surface area contributed by atoms with Crippen LogP contribution in [0.4, 0.5) is 5.69 Å². The minimum Gasteiger partial charge on any atom is -0.481 e. The lowest BCUT2D eigenvalue weighted by Crippen LogP contribution is -2.16. The van der Waals surface area contributed by atoms with Crippen LogP contribution < -0.4 is 10.1 Å². The number of carbonyl (C=O) groups excluding carboxylic acids is 1. The van der Waals surface area contributed by atoms with Gasteiger partial charge in [0.2, 0.25) is 5.88 Å². The number of rotatable bonds is 4. The molecule has 2 aromatic heterocycles. The van der Waals surface area contributed by atoms with Crippen molar-refractivity contribution in [2.75, 3.05) is 12.4 Å². The van der Waals surface area contributed by atoms with Crippen LogP contribution in [0.15, 0.2) is 54.7 Å². The molecular weight excluding hydrogens is 292 g/mol. The van der Waals surface area contributed by atoms with E-state index in [9.17, 15) is 4.79 Å². The van der Waals surface area contributed by atoms with E-state index in [4.69, 9.17) is 4.74 Å². The molecule has 0 fully saturated rings. The number of ether oxygens (including phenoxy) is 1. The molecule has 0 spiro atoms. The number of nitrogens with one attached hydrogen (secondary N) is 1. The Balaban J connectivity index is 1.81. The van der Waals surface area contributed by atoms with Crippen LogP contribution in [0.3, 0.4) is 0 Å². The van der Waals surface area contributed by atoms with E-state index >= 15 is 0 Å². The maximum atomic E-state index is 12.4. The SMILES string of the molecule is COc1ccc(NC(=O)c2cc(-c3ccccc3)nn2C)cn1. The molecule has 0 saturated carbocycles. The Hall–Kier alpha value is -3.15. The summed E-state index contributed by atoms with van der Waals surface area (Å²) in [6.45, 7) is 0. The lowest BCUT2D eigenvalue weighted by molar-refractivity contribution is 0.101. The fraction of sp³-hybridized carbons (Fsp3) is 0.118. The monoisotopic (exact) mass is 308 g/mol. The molecule has 1 aromatic carbocycles. The molecule has 0 unspecified atom stereocenters. The van der Waals surface area contributed by atoms with Crippen LogP contribution in [-0.4, -0.2) is 27.8 Å². The number of hydrogen-bond donors (Lipinski definition) is 1. The molecule has 3 rings (SSSR count). The number of carbonyl (C=O) groups is 1. The summed E-state index contributed by atoms with van der Waals surface area (Å²) in [6.07, 6.45) is 1.55. The summed E-state index contributed by atoms with van der Waals surface area (Å²) >= 11 is 0. The van der Waals surface area contributed by atoms with Crippen LogP contribution in [-0.2, 0) is 7.05 Å². The predicted octanol–water partition coefficient (Wildman–Crippen LogP) is 2.74. The van der Waals surface area contributed by atoms with E-state index in [1.54, 1.807) is 43.2 Å². The largest absolute Gasteiger partial charge is 0.481 e. The number of anilines is 1. The first-order valence-electron chi connectivity index (χ1n) is 7.08. The number of pyridine rings is 1. The maximum absolute atomic E-state index is 12.4. The molecular formula is C17H16N4O2. The molecule has 2 heterocycles. The Kier molecular flexibility index (Phi) is 4.05. The molecule has 0 atom stereocenters. The van der Waals surface area contributed by atoms with Crippen LogP contribution in [0, 0.1) is 0 Å². The molecule has 116 valence electrons. The van der Waals surface area contributed by atoms with Gasteiger partial charge in [-0.15, -0.1) is 0 Å². The zero-order valence-electron chi connectivity index (χ0n) is 12.9. The number of aromatic nitrogens is 3. The van der Waals surface area contributed by atoms with E-state index in [1.165, 1.54) is 0 Å². The highest BCUT2D eigenvalue weighted by Gasteiger charge is 2.14. The molecule has 6 nitrogen and oxygen atoms in total. The van der Waals surface area contributed by atoms with Crippen molar-refractivity contribution in [3.63, 3.8) is 0 Å². The fourth-order valence-corrected chi connectivity index (χ4v) is 2.20. The van der Waals surface area contributed by atoms with Gasteiger partial charge >= 0.3 is 0 Å². The molecule has 0 radical (unpaired) electrons. The number of methoxy groups -OCH3 is 1. The molecule has 0 saturated heterocycles. The lowest BCUT2D eigenvalue weighted by atomic mass is 10.1. The standard InChI is InChI=1S/C17H16N4O2/c1-21-15(10-14(20-21)12-6-4-3-5-7-12)17(22)19-13-8-9-16(23-2)18-11-13/h3-11H,1-2H3,(H,19,22). The molecule has 6 heteroatoms. The van der Waals surface area contributed by atoms with Crippen molar-refractivity contribution < 1.29 is 9.53 Å². The van der Waals surface area contributed by atoms with Crippen molar-refractivity contribution in [3.8, 4) is 17.1 Å². The van der Waals surface area contributed by atoms with Gasteiger partial charge in [0.15, 0.2) is 0 Å². The van der Waals surface area contributed by atoms with Gasteiger partial charge in [-0.05, 0) is 12.1 Å². The average molecular weight is 308 g/mol. The van der Waals surface area contributed by atoms with E-state index < -0.39 is 0 Å². The van der Waals surface area contributed by atoms with Crippen molar-refractivity contribution in [1.82, 2.24) is 14.8 Å². The Morgan fingerprint density at radius 3 is 2.61 bits per heavy atom. The number of nitrogens with zero attached hydrogens (tertiary/aromatic N) is 3. The molecule has 3 aromatic rings. The predicted molar refractivity (Wildman–Crippen MR) is 87.4 cm³/mol. The quantitative estimate of drug-likeness (QED) is 0.804. The van der Waals surface area contributed by atoms with Gasteiger partial charge in [0.05, 0.1) is 24.7 Å². The molecule has 23 heavy (non-hydrogen) atoms. The highest BCUT2D eigenvalue weighted by molar-refractivity contribution is 6.03. The Labute approximate surface area is 133 Å². The maximum Gasteiger partial charge on any atom is 0.273 e. The van der Waals surface area contributed by atoms with E-state index in [-0.39, 0.29) is 5.91 Å². The Bertz CT molecular complexity index is 810. The van der Waals surface area contributed by atoms with E-state index in [2.05, 4.69) is 15.4 Å². The fourth-order valence-electron chi connectivity index (χ4n) is 2.20. The van der Waals surface area contributed by atoms with Gasteiger partial charge in [-0.25, -0.2) is 4.98 Å². The summed E-state index contributed by atoms with van der Waals surface area (Å²) in [4.78, 5) is 16.5. The number of hydrogen-bond acceptors (Lipinski definition) is 4. The van der Waals surface area contributed by atoms with E-state index in [0.29, 0.717) is 17.3 Å². The molecule has 0 aliphatic carbocycles. The Morgan fingerprint density at radius 1 is 1.17 bits per heavy atom. The van der Waals surface area contributed by atoms with Crippen LogP contribution in [0.1, 0.15) is 10.5 Å². The zero-order valence-corrected chi connectivity index (χ0v) is 12.9. The number of amides is 1. The van der Waals surface area contributed by atoms with E-state index in [1.807, 2.05) is 30.3 Å². The molecule has 1 N–H and O–H groups in total. The van der Waals surface area contributed by atoms with Gasteiger partial charge in [0.1, 0.15) is 5.69 Å². The third-order valence-electron chi connectivity index (χ3n) is 3.39. The van der Waals surface area contributed by atoms with Gasteiger partial charge in [0.25, 0.3) is 5.91 Å². The smallest absolute Gasteiger partial charge is 0.273 e. The van der Waals surface area contributed by atoms with Crippen LogP contribution >= 0.6 is 0 Å². The second kappa shape index (κ2) is 6.31. The molecule has 0 bridgehead atoms. The van der Waals surface area contributed by atoms with Crippen molar-refractivity contribution in [2.24, 2.45) is 7.05 Å². The minimum atomic E-state index is -0.242. The topological polar surface area (TPSA) is 69.0 Å². The second-order valence-electron chi connectivity index (χ2n) is 4.95. The number of aryl methyl sites for hydroxylation is 1. The summed E-state index contributed by atoms with van der Waals surface area (Å²) < 4.78 is 6.56. The van der Waals surface area contributed by atoms with Crippen LogP contribution in [0.2, 0.25) is 0 Å². The highest BCUT2D eigenvalue weighted by atomic mass is 16.5. The van der Waals surface area contributed by atoms with Crippen molar-refractivity contribution in [2.45, 2.75) is 0 Å². The van der Waals surface area contributed by atoms with Crippen molar-refractivity contribution in [1.29, 1.82) is 0 Å². The first kappa shape index (κ1) is 14.8. The normalized spacial score (nSPS) is 10.3. The van der Waals surface area contributed by atoms with Crippen LogP contribution in [0.25, 0.3) is 11.3 Å². The van der Waals surface area contributed by atoms with Crippen molar-refractivity contribution in [3.05, 3.63) is 60.4 Å². The minimum absolute atomic E-state index is 0.242. The third-order valence-corrected chi connectivity index (χ3v) is 3.39. The Morgan fingerprint density at radius 2 is 1.96 bits per heavy atom. The van der Waals surface area contributed by atoms with Crippen molar-refractivity contribution >= 4 is 11.6 Å². The summed E-state index contributed by atoms with van der Waals surface area (Å²) in [5, 5.41) is 7.19. The van der Waals surface area contributed by atoms with Gasteiger partial charge < -0.3 is 10.1 Å². The van der Waals surface area contributed by atoms with Crippen LogP contribution in [0.5, 0.6) is 5.88 Å². The summed E-state index contributed by atoms with van der Waals surface area (Å²) in [5.41, 5.74) is 2.79. The summed E-state index contributed by atoms with van der Waals surface area (Å²) in [7, 11) is 3.29. The zero-order chi connectivity index (χ0) is 16.2. The van der Waals surface area contributed by atoms with Gasteiger partial charge in [0, 0.05) is 18.7 Å².